The number of pyridine rings is 1. The second-order valence-electron chi connectivity index (χ2n) is 9.06. The van der Waals surface area contributed by atoms with Gasteiger partial charge in [-0.25, -0.2) is 4.98 Å². The van der Waals surface area contributed by atoms with Crippen LogP contribution in [-0.4, -0.2) is 78.3 Å². The molecule has 2 aromatic heterocycles. The molecule has 1 saturated heterocycles. The van der Waals surface area contributed by atoms with Crippen molar-refractivity contribution in [3.63, 3.8) is 0 Å². The van der Waals surface area contributed by atoms with Crippen molar-refractivity contribution < 1.29 is 14.3 Å². The molecule has 4 rings (SSSR count). The van der Waals surface area contributed by atoms with Crippen LogP contribution in [0.2, 0.25) is 5.02 Å². The molecular formula is C25H32ClN7O4. The van der Waals surface area contributed by atoms with E-state index in [9.17, 15) is 9.59 Å². The van der Waals surface area contributed by atoms with Gasteiger partial charge in [-0.05, 0) is 26.0 Å². The van der Waals surface area contributed by atoms with Gasteiger partial charge < -0.3 is 29.6 Å². The Balaban J connectivity index is 1.65. The topological polar surface area (TPSA) is 114 Å². The van der Waals surface area contributed by atoms with Gasteiger partial charge >= 0.3 is 0 Å². The first kappa shape index (κ1) is 26.5. The van der Waals surface area contributed by atoms with Gasteiger partial charge in [0.25, 0.3) is 11.5 Å². The van der Waals surface area contributed by atoms with Crippen molar-refractivity contribution >= 4 is 45.9 Å². The summed E-state index contributed by atoms with van der Waals surface area (Å²) in [7, 11) is 4.66. The maximum absolute atomic E-state index is 12.8. The number of amides is 1. The number of aromatic nitrogens is 3. The van der Waals surface area contributed by atoms with E-state index >= 15 is 0 Å². The van der Waals surface area contributed by atoms with Crippen LogP contribution in [-0.2, 0) is 11.8 Å². The molecule has 1 aliphatic heterocycles. The largest absolute Gasteiger partial charge is 0.494 e. The zero-order valence-corrected chi connectivity index (χ0v) is 22.4. The van der Waals surface area contributed by atoms with Crippen molar-refractivity contribution in [2.45, 2.75) is 19.9 Å². The Morgan fingerprint density at radius 2 is 1.89 bits per heavy atom. The standard InChI is InChI=1S/C25H32ClN7O4/c1-15(2)32-6-8-33(9-7-32)25-28-13-18(26)23(30-25)29-17-10-16-11-20(37-14-21(34)27-3)24(35)31(4)22(16)19(12-17)36-5/h10-13,15H,6-9,14H2,1-5H3,(H,27,34)(H,28,29,30). The molecule has 0 spiro atoms. The molecule has 3 aromatic rings. The first-order valence-electron chi connectivity index (χ1n) is 12.1. The van der Waals surface area contributed by atoms with Crippen molar-refractivity contribution in [3.05, 3.63) is 39.8 Å². The fraction of sp³-hybridized carbons (Fsp3) is 0.440. The Hall–Kier alpha value is -3.57. The number of likely N-dealkylation sites (N-methyl/N-ethyl adjacent to an activating group) is 1. The van der Waals surface area contributed by atoms with Gasteiger partial charge in [-0.3, -0.25) is 14.5 Å². The van der Waals surface area contributed by atoms with E-state index in [0.29, 0.717) is 45.2 Å². The minimum absolute atomic E-state index is 0.0562. The second-order valence-corrected chi connectivity index (χ2v) is 9.47. The van der Waals surface area contributed by atoms with Crippen LogP contribution < -0.4 is 30.6 Å². The summed E-state index contributed by atoms with van der Waals surface area (Å²) in [6.45, 7) is 7.67. The lowest BCUT2D eigenvalue weighted by Crippen LogP contribution is -2.49. The number of carbonyl (C=O) groups excluding carboxylic acids is 1. The van der Waals surface area contributed by atoms with Crippen LogP contribution in [0.1, 0.15) is 13.8 Å². The van der Waals surface area contributed by atoms with E-state index in [2.05, 4.69) is 39.3 Å². The van der Waals surface area contributed by atoms with Crippen LogP contribution >= 0.6 is 11.6 Å². The van der Waals surface area contributed by atoms with Crippen LogP contribution in [0.15, 0.2) is 29.2 Å². The smallest absolute Gasteiger partial charge is 0.293 e. The Bertz CT molecular complexity index is 1350. The molecule has 1 aliphatic rings. The molecule has 0 bridgehead atoms. The van der Waals surface area contributed by atoms with Gasteiger partial charge in [-0.1, -0.05) is 11.6 Å². The minimum Gasteiger partial charge on any atom is -0.494 e. The van der Waals surface area contributed by atoms with Crippen LogP contribution in [0.3, 0.4) is 0 Å². The monoisotopic (exact) mass is 529 g/mol. The number of anilines is 3. The summed E-state index contributed by atoms with van der Waals surface area (Å²) in [5, 5.41) is 6.78. The SMILES string of the molecule is CNC(=O)COc1cc2cc(Nc3nc(N4CCN(C(C)C)CC4)ncc3Cl)cc(OC)c2n(C)c1=O. The summed E-state index contributed by atoms with van der Waals surface area (Å²) in [5.41, 5.74) is 0.857. The van der Waals surface area contributed by atoms with E-state index in [1.807, 2.05) is 6.07 Å². The Morgan fingerprint density at radius 3 is 2.54 bits per heavy atom. The quantitative estimate of drug-likeness (QED) is 0.454. The molecule has 37 heavy (non-hydrogen) atoms. The number of rotatable bonds is 8. The first-order valence-corrected chi connectivity index (χ1v) is 12.4. The number of hydrogen-bond acceptors (Lipinski definition) is 9. The van der Waals surface area contributed by atoms with Crippen LogP contribution in [0.4, 0.5) is 17.5 Å². The van der Waals surface area contributed by atoms with Crippen LogP contribution in [0.25, 0.3) is 10.9 Å². The maximum Gasteiger partial charge on any atom is 0.293 e. The lowest BCUT2D eigenvalue weighted by molar-refractivity contribution is -0.122. The van der Waals surface area contributed by atoms with E-state index in [1.54, 1.807) is 25.4 Å². The fourth-order valence-corrected chi connectivity index (χ4v) is 4.43. The van der Waals surface area contributed by atoms with Gasteiger partial charge in [-0.15, -0.1) is 0 Å². The zero-order valence-electron chi connectivity index (χ0n) is 21.7. The number of nitrogens with one attached hydrogen (secondary N) is 2. The maximum atomic E-state index is 12.8. The van der Waals surface area contributed by atoms with Gasteiger partial charge in [0.15, 0.2) is 18.2 Å². The zero-order chi connectivity index (χ0) is 26.7. The fourth-order valence-electron chi connectivity index (χ4n) is 4.29. The van der Waals surface area contributed by atoms with E-state index in [0.717, 1.165) is 26.2 Å². The van der Waals surface area contributed by atoms with Crippen LogP contribution in [0, 0.1) is 0 Å². The number of methoxy groups -OCH3 is 1. The molecule has 198 valence electrons. The number of benzene rings is 1. The van der Waals surface area contributed by atoms with Crippen molar-refractivity contribution in [1.82, 2.24) is 24.8 Å². The summed E-state index contributed by atoms with van der Waals surface area (Å²) in [6, 6.07) is 5.70. The van der Waals surface area contributed by atoms with Crippen molar-refractivity contribution in [2.24, 2.45) is 7.05 Å². The molecule has 0 radical (unpaired) electrons. The molecule has 0 aliphatic carbocycles. The van der Waals surface area contributed by atoms with Gasteiger partial charge in [0.05, 0.1) is 18.8 Å². The summed E-state index contributed by atoms with van der Waals surface area (Å²) in [6.07, 6.45) is 1.59. The summed E-state index contributed by atoms with van der Waals surface area (Å²) in [5.74, 6) is 1.26. The average molecular weight is 530 g/mol. The highest BCUT2D eigenvalue weighted by molar-refractivity contribution is 6.32. The van der Waals surface area contributed by atoms with Crippen molar-refractivity contribution in [2.75, 3.05) is 57.2 Å². The molecule has 0 saturated carbocycles. The number of fused-ring (bicyclic) bond motifs is 1. The minimum atomic E-state index is -0.378. The Kier molecular flexibility index (Phi) is 8.03. The Morgan fingerprint density at radius 1 is 1.16 bits per heavy atom. The third kappa shape index (κ3) is 5.72. The normalized spacial score (nSPS) is 14.2. The molecule has 2 N–H and O–H groups in total. The number of ether oxygens (including phenoxy) is 2. The predicted octanol–water partition coefficient (Wildman–Crippen LogP) is 2.39. The molecule has 0 atom stereocenters. The molecule has 12 heteroatoms. The molecule has 1 aromatic carbocycles. The number of piperazine rings is 1. The highest BCUT2D eigenvalue weighted by atomic mass is 35.5. The molecular weight excluding hydrogens is 498 g/mol. The molecule has 3 heterocycles. The third-order valence-electron chi connectivity index (χ3n) is 6.42. The second kappa shape index (κ2) is 11.2. The van der Waals surface area contributed by atoms with Crippen molar-refractivity contribution in [1.29, 1.82) is 0 Å². The number of carbonyl (C=O) groups is 1. The summed E-state index contributed by atoms with van der Waals surface area (Å²) in [4.78, 5) is 38.1. The number of hydrogen-bond donors (Lipinski definition) is 2. The lowest BCUT2D eigenvalue weighted by atomic mass is 10.1. The number of nitrogens with zero attached hydrogens (tertiary/aromatic N) is 5. The predicted molar refractivity (Wildman–Crippen MR) is 145 cm³/mol. The highest BCUT2D eigenvalue weighted by Crippen LogP contribution is 2.33. The van der Waals surface area contributed by atoms with E-state index in [1.165, 1.54) is 18.7 Å². The molecule has 1 amide bonds. The first-order chi connectivity index (χ1) is 17.7. The number of aryl methyl sites for hydroxylation is 1. The van der Waals surface area contributed by atoms with Gasteiger partial charge in [0.1, 0.15) is 10.8 Å². The van der Waals surface area contributed by atoms with Gasteiger partial charge in [0.2, 0.25) is 5.95 Å². The van der Waals surface area contributed by atoms with Crippen molar-refractivity contribution in [3.8, 4) is 11.5 Å². The molecule has 0 unspecified atom stereocenters. The molecule has 1 fully saturated rings. The van der Waals surface area contributed by atoms with Gasteiger partial charge in [-0.2, -0.15) is 4.98 Å². The molecule has 11 nitrogen and oxygen atoms in total. The third-order valence-corrected chi connectivity index (χ3v) is 6.70. The Labute approximate surface area is 220 Å². The number of halogens is 1. The lowest BCUT2D eigenvalue weighted by Gasteiger charge is -2.36. The van der Waals surface area contributed by atoms with Crippen LogP contribution in [0.5, 0.6) is 11.5 Å². The summed E-state index contributed by atoms with van der Waals surface area (Å²) < 4.78 is 12.5. The highest BCUT2D eigenvalue weighted by Gasteiger charge is 2.22. The van der Waals surface area contributed by atoms with E-state index < -0.39 is 0 Å². The van der Waals surface area contributed by atoms with E-state index in [-0.39, 0.29) is 23.8 Å². The summed E-state index contributed by atoms with van der Waals surface area (Å²) >= 11 is 6.45. The average Bonchev–Trinajstić information content (AvgIpc) is 2.90. The van der Waals surface area contributed by atoms with E-state index in [4.69, 9.17) is 26.1 Å². The van der Waals surface area contributed by atoms with Gasteiger partial charge in [0, 0.05) is 63.5 Å².